The van der Waals surface area contributed by atoms with Gasteiger partial charge in [-0.1, -0.05) is 17.7 Å². The van der Waals surface area contributed by atoms with Crippen LogP contribution in [0.1, 0.15) is 12.0 Å². The lowest BCUT2D eigenvalue weighted by molar-refractivity contribution is -0.930. The van der Waals surface area contributed by atoms with Gasteiger partial charge in [-0.05, 0) is 24.5 Å². The minimum atomic E-state index is -0.484. The first kappa shape index (κ1) is 18.9. The van der Waals surface area contributed by atoms with Crippen LogP contribution < -0.4 is 10.2 Å². The summed E-state index contributed by atoms with van der Waals surface area (Å²) in [6, 6.07) is 7.62. The molecule has 1 aliphatic heterocycles. The van der Waals surface area contributed by atoms with Crippen LogP contribution in [0.25, 0.3) is 10.9 Å². The van der Waals surface area contributed by atoms with Crippen LogP contribution in [0.2, 0.25) is 5.15 Å². The summed E-state index contributed by atoms with van der Waals surface area (Å²) >= 11 is 8.07. The number of nitrogens with one attached hydrogen (secondary N) is 2. The third-order valence-electron chi connectivity index (χ3n) is 4.62. The highest BCUT2D eigenvalue weighted by atomic mass is 35.5. The van der Waals surface area contributed by atoms with Crippen molar-refractivity contribution in [3.63, 3.8) is 0 Å². The van der Waals surface area contributed by atoms with E-state index >= 15 is 0 Å². The highest BCUT2D eigenvalue weighted by molar-refractivity contribution is 7.98. The number of pyridine rings is 1. The summed E-state index contributed by atoms with van der Waals surface area (Å²) in [4.78, 5) is 30.5. The molecule has 1 unspecified atom stereocenters. The van der Waals surface area contributed by atoms with Gasteiger partial charge >= 0.3 is 5.97 Å². The van der Waals surface area contributed by atoms with Crippen molar-refractivity contribution in [3.8, 4) is 0 Å². The Kier molecular flexibility index (Phi) is 6.01. The molecule has 2 atom stereocenters. The van der Waals surface area contributed by atoms with E-state index in [-0.39, 0.29) is 12.3 Å². The number of thioether (sulfide) groups is 1. The number of fused-ring (bicyclic) bond motifs is 1. The van der Waals surface area contributed by atoms with Gasteiger partial charge in [-0.2, -0.15) is 0 Å². The average molecular weight is 395 g/mol. The van der Waals surface area contributed by atoms with Gasteiger partial charge in [0.05, 0.1) is 25.7 Å². The molecule has 2 heterocycles. The number of methoxy groups -OCH3 is 1. The zero-order valence-electron chi connectivity index (χ0n) is 14.7. The van der Waals surface area contributed by atoms with Crippen LogP contribution in [0.3, 0.4) is 0 Å². The molecule has 138 valence electrons. The number of hydrogen-bond acceptors (Lipinski definition) is 5. The van der Waals surface area contributed by atoms with E-state index in [1.54, 1.807) is 11.8 Å². The summed E-state index contributed by atoms with van der Waals surface area (Å²) in [5, 5.41) is 4.26. The van der Waals surface area contributed by atoms with Crippen molar-refractivity contribution in [1.82, 2.24) is 10.3 Å². The normalized spacial score (nSPS) is 20.0. The minimum Gasteiger partial charge on any atom is -0.469 e. The Morgan fingerprint density at radius 1 is 1.46 bits per heavy atom. The van der Waals surface area contributed by atoms with E-state index in [9.17, 15) is 9.59 Å². The monoisotopic (exact) mass is 394 g/mol. The summed E-state index contributed by atoms with van der Waals surface area (Å²) in [6.45, 7) is 1.82. The molecule has 26 heavy (non-hydrogen) atoms. The van der Waals surface area contributed by atoms with Gasteiger partial charge in [-0.25, -0.2) is 4.98 Å². The maximum absolute atomic E-state index is 12.2. The standard InChI is InChI=1S/C18H20ClN3O3S/c1-25-16(23)9-15-18(24)20-5-6-22(15)10-12-7-11-3-4-13(26-2)8-14(11)21-17(12)19/h3-4,7-8,15H,5-6,9-10H2,1-2H3,(H,20,24)/p+1/t15-/m0/s1. The van der Waals surface area contributed by atoms with Crippen LogP contribution >= 0.6 is 23.4 Å². The number of halogens is 1. The van der Waals surface area contributed by atoms with Crippen LogP contribution in [-0.4, -0.2) is 49.4 Å². The molecule has 6 nitrogen and oxygen atoms in total. The van der Waals surface area contributed by atoms with Crippen molar-refractivity contribution in [2.75, 3.05) is 26.5 Å². The summed E-state index contributed by atoms with van der Waals surface area (Å²) in [6.07, 6.45) is 2.07. The number of quaternary nitrogens is 1. The fraction of sp³-hybridized carbons (Fsp3) is 0.389. The first-order valence-corrected chi connectivity index (χ1v) is 9.94. The Bertz CT molecular complexity index is 846. The number of hydrogen-bond donors (Lipinski definition) is 2. The van der Waals surface area contributed by atoms with Crippen LogP contribution in [0.4, 0.5) is 0 Å². The molecule has 0 aliphatic carbocycles. The largest absolute Gasteiger partial charge is 0.469 e. The summed E-state index contributed by atoms with van der Waals surface area (Å²) < 4.78 is 4.73. The number of ether oxygens (including phenoxy) is 1. The molecule has 1 aromatic heterocycles. The van der Waals surface area contributed by atoms with Crippen LogP contribution in [0.15, 0.2) is 29.2 Å². The van der Waals surface area contributed by atoms with Gasteiger partial charge < -0.3 is 15.0 Å². The molecular formula is C18H21ClN3O3S+. The van der Waals surface area contributed by atoms with E-state index in [2.05, 4.69) is 10.3 Å². The zero-order valence-corrected chi connectivity index (χ0v) is 16.2. The number of carbonyl (C=O) groups is 2. The Labute approximate surface area is 161 Å². The van der Waals surface area contributed by atoms with Gasteiger partial charge in [-0.3, -0.25) is 9.59 Å². The first-order valence-electron chi connectivity index (χ1n) is 8.34. The van der Waals surface area contributed by atoms with E-state index in [1.165, 1.54) is 7.11 Å². The molecule has 0 bridgehead atoms. The second kappa shape index (κ2) is 8.24. The van der Waals surface area contributed by atoms with Crippen LogP contribution in [0, 0.1) is 0 Å². The minimum absolute atomic E-state index is 0.0490. The van der Waals surface area contributed by atoms with E-state index in [1.807, 2.05) is 30.5 Å². The molecule has 0 saturated carbocycles. The molecule has 0 spiro atoms. The lowest BCUT2D eigenvalue weighted by atomic mass is 10.1. The molecule has 1 fully saturated rings. The molecule has 3 rings (SSSR count). The number of rotatable bonds is 5. The molecule has 2 aromatic rings. The van der Waals surface area contributed by atoms with Gasteiger partial charge in [0.25, 0.3) is 5.91 Å². The van der Waals surface area contributed by atoms with Crippen molar-refractivity contribution in [2.24, 2.45) is 0 Å². The van der Waals surface area contributed by atoms with Crippen molar-refractivity contribution in [1.29, 1.82) is 0 Å². The van der Waals surface area contributed by atoms with E-state index in [4.69, 9.17) is 16.3 Å². The van der Waals surface area contributed by atoms with Crippen molar-refractivity contribution >= 4 is 46.1 Å². The van der Waals surface area contributed by atoms with Crippen LogP contribution in [0.5, 0.6) is 0 Å². The fourth-order valence-corrected chi connectivity index (χ4v) is 3.84. The summed E-state index contributed by atoms with van der Waals surface area (Å²) in [5.74, 6) is -0.525. The van der Waals surface area contributed by atoms with Gasteiger partial charge in [0.15, 0.2) is 6.04 Å². The number of carbonyl (C=O) groups excluding carboxylic acids is 2. The number of aromatic nitrogens is 1. The average Bonchev–Trinajstić information content (AvgIpc) is 2.64. The maximum Gasteiger partial charge on any atom is 0.312 e. The topological polar surface area (TPSA) is 72.7 Å². The molecule has 1 aliphatic rings. The quantitative estimate of drug-likeness (QED) is 0.450. The zero-order chi connectivity index (χ0) is 18.7. The van der Waals surface area contributed by atoms with Crippen molar-refractivity contribution < 1.29 is 19.2 Å². The second-order valence-electron chi connectivity index (χ2n) is 6.21. The smallest absolute Gasteiger partial charge is 0.312 e. The van der Waals surface area contributed by atoms with E-state index in [0.29, 0.717) is 24.8 Å². The SMILES string of the molecule is COC(=O)C[C@H]1C(=O)NCC[NH+]1Cc1cc2ccc(SC)cc2nc1Cl. The maximum atomic E-state index is 12.2. The number of piperazine rings is 1. The third kappa shape index (κ3) is 4.11. The molecule has 1 amide bonds. The molecule has 2 N–H and O–H groups in total. The highest BCUT2D eigenvalue weighted by Crippen LogP contribution is 2.24. The van der Waals surface area contributed by atoms with Crippen molar-refractivity contribution in [3.05, 3.63) is 35.0 Å². The molecular weight excluding hydrogens is 374 g/mol. The van der Waals surface area contributed by atoms with Gasteiger partial charge in [0.1, 0.15) is 18.1 Å². The molecule has 1 saturated heterocycles. The van der Waals surface area contributed by atoms with E-state index < -0.39 is 12.0 Å². The lowest BCUT2D eigenvalue weighted by Crippen LogP contribution is -3.18. The fourth-order valence-electron chi connectivity index (χ4n) is 3.19. The molecule has 0 radical (unpaired) electrons. The van der Waals surface area contributed by atoms with Gasteiger partial charge in [0, 0.05) is 15.8 Å². The lowest BCUT2D eigenvalue weighted by Gasteiger charge is -2.31. The van der Waals surface area contributed by atoms with Crippen LogP contribution in [-0.2, 0) is 20.9 Å². The van der Waals surface area contributed by atoms with Crippen molar-refractivity contribution in [2.45, 2.75) is 23.9 Å². The Hall–Kier alpha value is -1.83. The Balaban J connectivity index is 1.87. The van der Waals surface area contributed by atoms with Gasteiger partial charge in [-0.15, -0.1) is 11.8 Å². The number of amides is 1. The highest BCUT2D eigenvalue weighted by Gasteiger charge is 2.36. The first-order chi connectivity index (χ1) is 12.5. The van der Waals surface area contributed by atoms with Gasteiger partial charge in [0.2, 0.25) is 0 Å². The number of esters is 1. The second-order valence-corrected chi connectivity index (χ2v) is 7.44. The number of nitrogens with zero attached hydrogens (tertiary/aromatic N) is 1. The number of benzene rings is 1. The third-order valence-corrected chi connectivity index (χ3v) is 5.67. The summed E-state index contributed by atoms with van der Waals surface area (Å²) in [5.41, 5.74) is 1.72. The predicted octanol–water partition coefficient (Wildman–Crippen LogP) is 1.06. The van der Waals surface area contributed by atoms with E-state index in [0.717, 1.165) is 26.3 Å². The summed E-state index contributed by atoms with van der Waals surface area (Å²) in [7, 11) is 1.33. The predicted molar refractivity (Wildman–Crippen MR) is 101 cm³/mol. The molecule has 8 heteroatoms. The Morgan fingerprint density at radius 2 is 2.27 bits per heavy atom. The molecule has 1 aromatic carbocycles. The Morgan fingerprint density at radius 3 is 3.00 bits per heavy atom.